The summed E-state index contributed by atoms with van der Waals surface area (Å²) in [4.78, 5) is 22.3. The zero-order valence-electron chi connectivity index (χ0n) is 10.1. The van der Waals surface area contributed by atoms with E-state index in [1.807, 2.05) is 6.07 Å². The van der Waals surface area contributed by atoms with Crippen molar-refractivity contribution in [2.75, 3.05) is 5.32 Å². The first-order chi connectivity index (χ1) is 8.97. The Kier molecular flexibility index (Phi) is 5.15. The lowest BCUT2D eigenvalue weighted by Crippen LogP contribution is -2.42. The van der Waals surface area contributed by atoms with Gasteiger partial charge in [-0.1, -0.05) is 18.5 Å². The molecule has 7 heteroatoms. The first-order valence-electron chi connectivity index (χ1n) is 5.48. The molecular weight excluding hydrogens is 270 g/mol. The number of carboxylic acids is 1. The molecule has 0 bridgehead atoms. The zero-order valence-corrected chi connectivity index (χ0v) is 10.9. The normalized spacial score (nSPS) is 11.2. The van der Waals surface area contributed by atoms with E-state index in [9.17, 15) is 9.59 Å². The second-order valence-corrected chi connectivity index (χ2v) is 4.11. The monoisotopic (exact) mass is 281 g/mol. The molecule has 0 radical (unpaired) electrons. The van der Waals surface area contributed by atoms with Crippen LogP contribution in [0.5, 0.6) is 0 Å². The van der Waals surface area contributed by atoms with Crippen LogP contribution in [0.2, 0.25) is 5.02 Å². The number of urea groups is 1. The van der Waals surface area contributed by atoms with E-state index in [2.05, 4.69) is 10.6 Å². The SMILES string of the molecule is CC[C@H](NC(=O)Nc1ccc(C#N)cc1Cl)C(=O)O. The van der Waals surface area contributed by atoms with Crippen molar-refractivity contribution in [3.05, 3.63) is 28.8 Å². The molecule has 0 spiro atoms. The largest absolute Gasteiger partial charge is 0.480 e. The summed E-state index contributed by atoms with van der Waals surface area (Å²) in [6.07, 6.45) is 0.268. The highest BCUT2D eigenvalue weighted by atomic mass is 35.5. The molecule has 6 nitrogen and oxygen atoms in total. The lowest BCUT2D eigenvalue weighted by molar-refractivity contribution is -0.139. The van der Waals surface area contributed by atoms with Gasteiger partial charge in [0, 0.05) is 0 Å². The smallest absolute Gasteiger partial charge is 0.326 e. The van der Waals surface area contributed by atoms with Crippen molar-refractivity contribution >= 4 is 29.3 Å². The van der Waals surface area contributed by atoms with Gasteiger partial charge in [-0.25, -0.2) is 9.59 Å². The van der Waals surface area contributed by atoms with Gasteiger partial charge in [-0.2, -0.15) is 5.26 Å². The van der Waals surface area contributed by atoms with Gasteiger partial charge in [-0.3, -0.25) is 0 Å². The summed E-state index contributed by atoms with van der Waals surface area (Å²) in [7, 11) is 0. The molecule has 1 aromatic carbocycles. The number of carbonyl (C=O) groups is 2. The summed E-state index contributed by atoms with van der Waals surface area (Å²) in [5.74, 6) is -1.11. The lowest BCUT2D eigenvalue weighted by atomic mass is 10.2. The number of halogens is 1. The molecule has 2 amide bonds. The number of carboxylic acid groups (broad SMARTS) is 1. The van der Waals surface area contributed by atoms with Crippen LogP contribution in [0.25, 0.3) is 0 Å². The van der Waals surface area contributed by atoms with Crippen molar-refractivity contribution in [3.63, 3.8) is 0 Å². The Morgan fingerprint density at radius 1 is 1.53 bits per heavy atom. The standard InChI is InChI=1S/C12H12ClN3O3/c1-2-9(11(17)18)15-12(19)16-10-4-3-7(6-14)5-8(10)13/h3-5,9H,2H2,1H3,(H,17,18)(H2,15,16,19)/t9-/m0/s1. The highest BCUT2D eigenvalue weighted by Crippen LogP contribution is 2.22. The van der Waals surface area contributed by atoms with Crippen LogP contribution >= 0.6 is 11.6 Å². The summed E-state index contributed by atoms with van der Waals surface area (Å²) < 4.78 is 0. The third-order valence-electron chi connectivity index (χ3n) is 2.36. The molecule has 0 aromatic heterocycles. The first-order valence-corrected chi connectivity index (χ1v) is 5.85. The second-order valence-electron chi connectivity index (χ2n) is 3.70. The van der Waals surface area contributed by atoms with Crippen LogP contribution < -0.4 is 10.6 Å². The Morgan fingerprint density at radius 2 is 2.21 bits per heavy atom. The Balaban J connectivity index is 2.72. The Bertz CT molecular complexity index is 540. The molecule has 19 heavy (non-hydrogen) atoms. The summed E-state index contributed by atoms with van der Waals surface area (Å²) in [5.41, 5.74) is 0.673. The second kappa shape index (κ2) is 6.61. The predicted octanol–water partition coefficient (Wildman–Crippen LogP) is 2.20. The van der Waals surface area contributed by atoms with E-state index in [-0.39, 0.29) is 11.4 Å². The van der Waals surface area contributed by atoms with Crippen LogP contribution in [0.4, 0.5) is 10.5 Å². The number of hydrogen-bond donors (Lipinski definition) is 3. The summed E-state index contributed by atoms with van der Waals surface area (Å²) >= 11 is 5.88. The van der Waals surface area contributed by atoms with Crippen LogP contribution in [-0.4, -0.2) is 23.1 Å². The van der Waals surface area contributed by atoms with Gasteiger partial charge in [0.05, 0.1) is 22.3 Å². The van der Waals surface area contributed by atoms with Crippen LogP contribution in [0.1, 0.15) is 18.9 Å². The molecular formula is C12H12ClN3O3. The molecule has 100 valence electrons. The number of hydrogen-bond acceptors (Lipinski definition) is 3. The highest BCUT2D eigenvalue weighted by Gasteiger charge is 2.17. The lowest BCUT2D eigenvalue weighted by Gasteiger charge is -2.13. The van der Waals surface area contributed by atoms with E-state index >= 15 is 0 Å². The fourth-order valence-corrected chi connectivity index (χ4v) is 1.57. The van der Waals surface area contributed by atoms with Gasteiger partial charge in [0.1, 0.15) is 6.04 Å². The van der Waals surface area contributed by atoms with Crippen molar-refractivity contribution in [3.8, 4) is 6.07 Å². The van der Waals surface area contributed by atoms with Crippen LogP contribution in [0, 0.1) is 11.3 Å². The third-order valence-corrected chi connectivity index (χ3v) is 2.67. The number of nitrogens with zero attached hydrogens (tertiary/aromatic N) is 1. The number of benzene rings is 1. The van der Waals surface area contributed by atoms with Crippen LogP contribution in [-0.2, 0) is 4.79 Å². The van der Waals surface area contributed by atoms with Crippen molar-refractivity contribution in [1.82, 2.24) is 5.32 Å². The molecule has 0 aliphatic carbocycles. The molecule has 0 aliphatic heterocycles. The minimum absolute atomic E-state index is 0.206. The number of nitriles is 1. The molecule has 3 N–H and O–H groups in total. The molecule has 1 aromatic rings. The number of amides is 2. The van der Waals surface area contributed by atoms with Gasteiger partial charge in [-0.05, 0) is 24.6 Å². The average Bonchev–Trinajstić information content (AvgIpc) is 2.37. The van der Waals surface area contributed by atoms with Crippen molar-refractivity contribution in [2.45, 2.75) is 19.4 Å². The molecule has 0 saturated heterocycles. The highest BCUT2D eigenvalue weighted by molar-refractivity contribution is 6.33. The van der Waals surface area contributed by atoms with E-state index in [0.29, 0.717) is 11.3 Å². The van der Waals surface area contributed by atoms with E-state index in [4.69, 9.17) is 22.0 Å². The Morgan fingerprint density at radius 3 is 2.68 bits per heavy atom. The predicted molar refractivity (Wildman–Crippen MR) is 70.0 cm³/mol. The quantitative estimate of drug-likeness (QED) is 0.787. The van der Waals surface area contributed by atoms with E-state index < -0.39 is 18.0 Å². The fourth-order valence-electron chi connectivity index (χ4n) is 1.34. The molecule has 0 heterocycles. The van der Waals surface area contributed by atoms with E-state index in [1.165, 1.54) is 18.2 Å². The van der Waals surface area contributed by atoms with Crippen molar-refractivity contribution in [1.29, 1.82) is 5.26 Å². The maximum Gasteiger partial charge on any atom is 0.326 e. The minimum atomic E-state index is -1.11. The molecule has 0 aliphatic rings. The van der Waals surface area contributed by atoms with Gasteiger partial charge in [0.25, 0.3) is 0 Å². The van der Waals surface area contributed by atoms with Gasteiger partial charge < -0.3 is 15.7 Å². The van der Waals surface area contributed by atoms with Gasteiger partial charge in [0.2, 0.25) is 0 Å². The molecule has 0 unspecified atom stereocenters. The van der Waals surface area contributed by atoms with Gasteiger partial charge in [-0.15, -0.1) is 0 Å². The molecule has 1 rings (SSSR count). The molecule has 0 saturated carbocycles. The van der Waals surface area contributed by atoms with E-state index in [0.717, 1.165) is 0 Å². The number of carbonyl (C=O) groups excluding carboxylic acids is 1. The molecule has 1 atom stereocenters. The zero-order chi connectivity index (χ0) is 14.4. The van der Waals surface area contributed by atoms with Crippen LogP contribution in [0.15, 0.2) is 18.2 Å². The van der Waals surface area contributed by atoms with Crippen molar-refractivity contribution < 1.29 is 14.7 Å². The van der Waals surface area contributed by atoms with Gasteiger partial charge in [0.15, 0.2) is 0 Å². The van der Waals surface area contributed by atoms with E-state index in [1.54, 1.807) is 6.92 Å². The fraction of sp³-hybridized carbons (Fsp3) is 0.250. The number of rotatable bonds is 4. The Labute approximate surface area is 115 Å². The van der Waals surface area contributed by atoms with Gasteiger partial charge >= 0.3 is 12.0 Å². The minimum Gasteiger partial charge on any atom is -0.480 e. The summed E-state index contributed by atoms with van der Waals surface area (Å²) in [6.45, 7) is 1.65. The number of nitrogens with one attached hydrogen (secondary N) is 2. The third kappa shape index (κ3) is 4.16. The summed E-state index contributed by atoms with van der Waals surface area (Å²) in [5, 5.41) is 22.4. The number of anilines is 1. The first kappa shape index (κ1) is 14.8. The number of aliphatic carboxylic acids is 1. The van der Waals surface area contributed by atoms with Crippen LogP contribution in [0.3, 0.4) is 0 Å². The maximum absolute atomic E-state index is 11.6. The Hall–Kier alpha value is -2.26. The van der Waals surface area contributed by atoms with Crippen molar-refractivity contribution in [2.24, 2.45) is 0 Å². The summed E-state index contributed by atoms with van der Waals surface area (Å²) in [6, 6.07) is 4.67. The molecule has 0 fully saturated rings. The maximum atomic E-state index is 11.6. The topological polar surface area (TPSA) is 102 Å². The average molecular weight is 282 g/mol.